The van der Waals surface area contributed by atoms with Crippen LogP contribution in [0.1, 0.15) is 16.8 Å². The Morgan fingerprint density at radius 1 is 1.00 bits per heavy atom. The third-order valence-electron chi connectivity index (χ3n) is 3.68. The zero-order chi connectivity index (χ0) is 19.2. The van der Waals surface area contributed by atoms with Gasteiger partial charge >= 0.3 is 16.9 Å². The topological polar surface area (TPSA) is 118 Å². The number of hydrogen-bond acceptors (Lipinski definition) is 5. The molecule has 27 heavy (non-hydrogen) atoms. The standard InChI is InChI=1S/C19H15N3O5/c23-18-17(22(25)26)16(20-19(24)21-18)10-9-13-7-4-8-15(11-13)27-12-14-5-2-1-3-6-14/h1-11H,12H2,(H2,20,21,23,24)/b10-9+. The fourth-order valence-electron chi connectivity index (χ4n) is 2.43. The molecule has 0 saturated heterocycles. The highest BCUT2D eigenvalue weighted by Crippen LogP contribution is 2.18. The number of benzene rings is 2. The molecular formula is C19H15N3O5. The van der Waals surface area contributed by atoms with Gasteiger partial charge in [-0.3, -0.25) is 19.9 Å². The van der Waals surface area contributed by atoms with Crippen molar-refractivity contribution < 1.29 is 9.66 Å². The number of H-pyrrole nitrogens is 2. The number of aromatic nitrogens is 2. The van der Waals surface area contributed by atoms with E-state index in [1.165, 1.54) is 6.08 Å². The zero-order valence-corrected chi connectivity index (χ0v) is 14.0. The molecule has 0 spiro atoms. The van der Waals surface area contributed by atoms with Crippen molar-refractivity contribution in [3.8, 4) is 5.75 Å². The molecular weight excluding hydrogens is 350 g/mol. The van der Waals surface area contributed by atoms with Crippen molar-refractivity contribution in [2.45, 2.75) is 6.61 Å². The Bertz CT molecular complexity index is 1100. The van der Waals surface area contributed by atoms with Crippen LogP contribution in [0.25, 0.3) is 12.2 Å². The van der Waals surface area contributed by atoms with Crippen LogP contribution in [0, 0.1) is 10.1 Å². The third-order valence-corrected chi connectivity index (χ3v) is 3.68. The molecule has 2 N–H and O–H groups in total. The molecule has 0 fully saturated rings. The highest BCUT2D eigenvalue weighted by atomic mass is 16.6. The Balaban J connectivity index is 1.81. The molecule has 136 valence electrons. The SMILES string of the molecule is O=c1[nH]c(/C=C/c2cccc(OCc3ccccc3)c2)c([N+](=O)[O-])c(=O)[nH]1. The summed E-state index contributed by atoms with van der Waals surface area (Å²) in [6.07, 6.45) is 2.86. The predicted octanol–water partition coefficient (Wildman–Crippen LogP) is 2.72. The zero-order valence-electron chi connectivity index (χ0n) is 14.0. The molecule has 3 aromatic rings. The monoisotopic (exact) mass is 365 g/mol. The first-order chi connectivity index (χ1) is 13.0. The van der Waals surface area contributed by atoms with Crippen LogP contribution >= 0.6 is 0 Å². The van der Waals surface area contributed by atoms with Crippen LogP contribution in [-0.2, 0) is 6.61 Å². The Kier molecular flexibility index (Phi) is 5.27. The van der Waals surface area contributed by atoms with Crippen LogP contribution in [0.2, 0.25) is 0 Å². The molecule has 0 amide bonds. The molecule has 3 rings (SSSR count). The molecule has 0 atom stereocenters. The van der Waals surface area contributed by atoms with E-state index in [9.17, 15) is 19.7 Å². The van der Waals surface area contributed by atoms with Crippen LogP contribution in [0.3, 0.4) is 0 Å². The quantitative estimate of drug-likeness (QED) is 0.514. The molecule has 1 aromatic heterocycles. The van der Waals surface area contributed by atoms with E-state index in [1.807, 2.05) is 35.3 Å². The molecule has 1 heterocycles. The maximum Gasteiger partial charge on any atom is 0.357 e. The van der Waals surface area contributed by atoms with Crippen LogP contribution in [0.15, 0.2) is 64.2 Å². The number of ether oxygens (including phenoxy) is 1. The average Bonchev–Trinajstić information content (AvgIpc) is 2.65. The van der Waals surface area contributed by atoms with Crippen LogP contribution < -0.4 is 16.0 Å². The van der Waals surface area contributed by atoms with Gasteiger partial charge in [0.05, 0.1) is 4.92 Å². The van der Waals surface area contributed by atoms with Crippen LogP contribution in [-0.4, -0.2) is 14.9 Å². The van der Waals surface area contributed by atoms with E-state index in [4.69, 9.17) is 4.74 Å². The molecule has 0 aliphatic rings. The van der Waals surface area contributed by atoms with Crippen molar-refractivity contribution in [2.75, 3.05) is 0 Å². The van der Waals surface area contributed by atoms with Gasteiger partial charge in [-0.05, 0) is 29.3 Å². The number of aromatic amines is 2. The average molecular weight is 365 g/mol. The summed E-state index contributed by atoms with van der Waals surface area (Å²) in [6.45, 7) is 0.404. The molecule has 2 aromatic carbocycles. The summed E-state index contributed by atoms with van der Waals surface area (Å²) < 4.78 is 5.73. The van der Waals surface area contributed by atoms with Gasteiger partial charge in [-0.15, -0.1) is 0 Å². The van der Waals surface area contributed by atoms with Crippen molar-refractivity contribution in [3.63, 3.8) is 0 Å². The summed E-state index contributed by atoms with van der Waals surface area (Å²) in [5.41, 5.74) is -1.05. The van der Waals surface area contributed by atoms with Crippen molar-refractivity contribution in [2.24, 2.45) is 0 Å². The van der Waals surface area contributed by atoms with E-state index in [0.29, 0.717) is 17.9 Å². The van der Waals surface area contributed by atoms with Gasteiger partial charge < -0.3 is 9.72 Å². The lowest BCUT2D eigenvalue weighted by Gasteiger charge is -2.07. The molecule has 0 aliphatic carbocycles. The molecule has 0 radical (unpaired) electrons. The third kappa shape index (κ3) is 4.57. The Morgan fingerprint density at radius 2 is 1.78 bits per heavy atom. The maximum absolute atomic E-state index is 11.6. The Hall–Kier alpha value is -3.94. The van der Waals surface area contributed by atoms with Crippen LogP contribution in [0.5, 0.6) is 5.75 Å². The van der Waals surface area contributed by atoms with E-state index < -0.39 is 21.9 Å². The first-order valence-electron chi connectivity index (χ1n) is 7.99. The minimum absolute atomic E-state index is 0.177. The lowest BCUT2D eigenvalue weighted by molar-refractivity contribution is -0.386. The Labute approximate surface area is 152 Å². The molecule has 8 nitrogen and oxygen atoms in total. The molecule has 0 bridgehead atoms. The molecule has 0 aliphatic heterocycles. The highest BCUT2D eigenvalue weighted by Gasteiger charge is 2.18. The smallest absolute Gasteiger partial charge is 0.357 e. The van der Waals surface area contributed by atoms with Crippen molar-refractivity contribution >= 4 is 17.8 Å². The summed E-state index contributed by atoms with van der Waals surface area (Å²) in [6, 6.07) is 16.7. The fourth-order valence-corrected chi connectivity index (χ4v) is 2.43. The van der Waals surface area contributed by atoms with E-state index in [-0.39, 0.29) is 5.69 Å². The predicted molar refractivity (Wildman–Crippen MR) is 100 cm³/mol. The first-order valence-corrected chi connectivity index (χ1v) is 7.99. The second kappa shape index (κ2) is 7.96. The Morgan fingerprint density at radius 3 is 2.52 bits per heavy atom. The second-order valence-corrected chi connectivity index (χ2v) is 5.61. The summed E-state index contributed by atoms with van der Waals surface area (Å²) in [4.78, 5) is 37.3. The minimum atomic E-state index is -1.05. The first kappa shape index (κ1) is 17.9. The summed E-state index contributed by atoms with van der Waals surface area (Å²) in [5.74, 6) is 0.620. The minimum Gasteiger partial charge on any atom is -0.489 e. The van der Waals surface area contributed by atoms with Crippen molar-refractivity contribution in [3.05, 3.63) is 102 Å². The summed E-state index contributed by atoms with van der Waals surface area (Å²) >= 11 is 0. The molecule has 8 heteroatoms. The molecule has 0 saturated carbocycles. The highest BCUT2D eigenvalue weighted by molar-refractivity contribution is 5.72. The second-order valence-electron chi connectivity index (χ2n) is 5.61. The number of hydrogen-bond donors (Lipinski definition) is 2. The number of rotatable bonds is 6. The number of nitro groups is 1. The van der Waals surface area contributed by atoms with Crippen LogP contribution in [0.4, 0.5) is 5.69 Å². The van der Waals surface area contributed by atoms with Gasteiger partial charge in [0, 0.05) is 0 Å². The van der Waals surface area contributed by atoms with E-state index in [1.54, 1.807) is 30.3 Å². The van der Waals surface area contributed by atoms with Gasteiger partial charge in [-0.2, -0.15) is 0 Å². The van der Waals surface area contributed by atoms with E-state index in [2.05, 4.69) is 4.98 Å². The maximum atomic E-state index is 11.6. The molecule has 0 unspecified atom stereocenters. The van der Waals surface area contributed by atoms with Crippen molar-refractivity contribution in [1.82, 2.24) is 9.97 Å². The van der Waals surface area contributed by atoms with Gasteiger partial charge in [-0.1, -0.05) is 48.5 Å². The van der Waals surface area contributed by atoms with Gasteiger partial charge in [0.15, 0.2) is 0 Å². The van der Waals surface area contributed by atoms with E-state index in [0.717, 1.165) is 5.56 Å². The number of nitrogens with zero attached hydrogens (tertiary/aromatic N) is 1. The van der Waals surface area contributed by atoms with Gasteiger partial charge in [0.2, 0.25) is 0 Å². The van der Waals surface area contributed by atoms with Gasteiger partial charge in [0.25, 0.3) is 0 Å². The lowest BCUT2D eigenvalue weighted by Crippen LogP contribution is -2.25. The van der Waals surface area contributed by atoms with Gasteiger partial charge in [-0.25, -0.2) is 4.79 Å². The number of nitrogens with one attached hydrogen (secondary N) is 2. The summed E-state index contributed by atoms with van der Waals surface area (Å²) in [7, 11) is 0. The lowest BCUT2D eigenvalue weighted by atomic mass is 10.2. The normalized spacial score (nSPS) is 10.8. The van der Waals surface area contributed by atoms with Crippen molar-refractivity contribution in [1.29, 1.82) is 0 Å². The fraction of sp³-hybridized carbons (Fsp3) is 0.0526. The van der Waals surface area contributed by atoms with E-state index >= 15 is 0 Å². The largest absolute Gasteiger partial charge is 0.489 e. The van der Waals surface area contributed by atoms with Gasteiger partial charge in [0.1, 0.15) is 18.1 Å². The summed E-state index contributed by atoms with van der Waals surface area (Å²) in [5, 5.41) is 11.0.